The molecule has 0 spiro atoms. The highest BCUT2D eigenvalue weighted by Crippen LogP contribution is 2.36. The number of benzene rings is 1. The van der Waals surface area contributed by atoms with E-state index in [1.165, 1.54) is 6.07 Å². The number of carbonyl (C=O) groups excluding carboxylic acids is 2. The van der Waals surface area contributed by atoms with E-state index in [2.05, 4.69) is 16.0 Å². The lowest BCUT2D eigenvalue weighted by Gasteiger charge is -2.32. The van der Waals surface area contributed by atoms with Crippen molar-refractivity contribution < 1.29 is 29.4 Å². The number of carboxylic acid groups (broad SMARTS) is 2. The molecule has 2 rings (SSSR count). The highest BCUT2D eigenvalue weighted by Gasteiger charge is 2.34. The number of anilines is 1. The molecule has 10 heteroatoms. The molecule has 0 aromatic heterocycles. The first-order valence-corrected chi connectivity index (χ1v) is 8.84. The van der Waals surface area contributed by atoms with Gasteiger partial charge in [0.15, 0.2) is 0 Å². The Balaban J connectivity index is 2.53. The Kier molecular flexibility index (Phi) is 6.45. The van der Waals surface area contributed by atoms with E-state index in [9.17, 15) is 19.2 Å². The van der Waals surface area contributed by atoms with Crippen LogP contribution in [0.15, 0.2) is 18.2 Å². The monoisotopic (exact) mass is 392 g/mol. The second kappa shape index (κ2) is 8.59. The molecule has 1 aromatic rings. The number of hydrogen-bond donors (Lipinski definition) is 6. The van der Waals surface area contributed by atoms with E-state index in [-0.39, 0.29) is 23.1 Å². The van der Waals surface area contributed by atoms with Crippen LogP contribution in [0, 0.1) is 5.92 Å². The van der Waals surface area contributed by atoms with Crippen molar-refractivity contribution in [1.29, 1.82) is 0 Å². The van der Waals surface area contributed by atoms with Crippen LogP contribution < -0.4 is 21.7 Å². The van der Waals surface area contributed by atoms with Gasteiger partial charge in [-0.3, -0.25) is 9.59 Å². The zero-order chi connectivity index (χ0) is 21.0. The quantitative estimate of drug-likeness (QED) is 0.391. The smallest absolute Gasteiger partial charge is 0.404 e. The number of primary amides is 1. The standard InChI is InChI=1S/C18H24N4O6/c1-8(20-17(25)26)13(9(2)21-18(27)28)11-4-3-5-12(15(19)23)14(11)22-16(24)10-6-7-10/h3-5,8-10,13,20-21H,6-7H2,1-2H3,(H2,19,23)(H,22,24)(H,25,26)(H,27,28). The number of rotatable bonds is 8. The SMILES string of the molecule is CC(NC(=O)O)C(c1cccc(C(N)=O)c1NC(=O)C1CC1)C(C)NC(=O)O. The van der Waals surface area contributed by atoms with Crippen molar-refractivity contribution in [3.63, 3.8) is 0 Å². The molecule has 10 nitrogen and oxygen atoms in total. The van der Waals surface area contributed by atoms with Gasteiger partial charge in [0.05, 0.1) is 11.3 Å². The van der Waals surface area contributed by atoms with Gasteiger partial charge in [0.2, 0.25) is 5.91 Å². The van der Waals surface area contributed by atoms with Crippen LogP contribution in [0.2, 0.25) is 0 Å². The molecular weight excluding hydrogens is 368 g/mol. The Hall–Kier alpha value is -3.30. The highest BCUT2D eigenvalue weighted by atomic mass is 16.4. The van der Waals surface area contributed by atoms with Gasteiger partial charge in [0.25, 0.3) is 5.91 Å². The van der Waals surface area contributed by atoms with E-state index in [1.807, 2.05) is 0 Å². The molecule has 1 aliphatic carbocycles. The van der Waals surface area contributed by atoms with Crippen molar-refractivity contribution in [2.24, 2.45) is 11.7 Å². The van der Waals surface area contributed by atoms with Crippen LogP contribution in [0.4, 0.5) is 15.3 Å². The van der Waals surface area contributed by atoms with Gasteiger partial charge in [-0.1, -0.05) is 12.1 Å². The summed E-state index contributed by atoms with van der Waals surface area (Å²) in [5, 5.41) is 25.5. The second-order valence-electron chi connectivity index (χ2n) is 6.90. The molecular formula is C18H24N4O6. The van der Waals surface area contributed by atoms with Gasteiger partial charge in [-0.15, -0.1) is 0 Å². The van der Waals surface area contributed by atoms with Gasteiger partial charge < -0.3 is 31.9 Å². The molecule has 0 bridgehead atoms. The zero-order valence-electron chi connectivity index (χ0n) is 15.6. The van der Waals surface area contributed by atoms with Crippen molar-refractivity contribution in [2.75, 3.05) is 5.32 Å². The summed E-state index contributed by atoms with van der Waals surface area (Å²) in [6, 6.07) is 3.14. The molecule has 2 atom stereocenters. The van der Waals surface area contributed by atoms with E-state index in [4.69, 9.17) is 15.9 Å². The molecule has 1 saturated carbocycles. The van der Waals surface area contributed by atoms with Gasteiger partial charge in [-0.05, 0) is 38.3 Å². The van der Waals surface area contributed by atoms with Gasteiger partial charge in [-0.2, -0.15) is 0 Å². The van der Waals surface area contributed by atoms with Crippen LogP contribution in [0.25, 0.3) is 0 Å². The Morgan fingerprint density at radius 1 is 1.04 bits per heavy atom. The first kappa shape index (κ1) is 21.0. The summed E-state index contributed by atoms with van der Waals surface area (Å²) >= 11 is 0. The maximum absolute atomic E-state index is 12.3. The number of para-hydroxylation sites is 1. The van der Waals surface area contributed by atoms with E-state index in [0.29, 0.717) is 5.56 Å². The Morgan fingerprint density at radius 2 is 1.57 bits per heavy atom. The molecule has 0 saturated heterocycles. The lowest BCUT2D eigenvalue weighted by atomic mass is 9.84. The second-order valence-corrected chi connectivity index (χ2v) is 6.90. The molecule has 1 aromatic carbocycles. The van der Waals surface area contributed by atoms with E-state index < -0.39 is 36.1 Å². The number of nitrogens with one attached hydrogen (secondary N) is 3. The molecule has 4 amide bonds. The summed E-state index contributed by atoms with van der Waals surface area (Å²) in [6.07, 6.45) is -1.07. The third-order valence-electron chi connectivity index (χ3n) is 4.70. The predicted molar refractivity (Wildman–Crippen MR) is 100 cm³/mol. The lowest BCUT2D eigenvalue weighted by Crippen LogP contribution is -2.46. The number of amides is 4. The summed E-state index contributed by atoms with van der Waals surface area (Å²) in [5.74, 6) is -1.88. The number of nitrogens with two attached hydrogens (primary N) is 1. The summed E-state index contributed by atoms with van der Waals surface area (Å²) in [5.41, 5.74) is 6.11. The zero-order valence-corrected chi connectivity index (χ0v) is 15.6. The number of carbonyl (C=O) groups is 4. The van der Waals surface area contributed by atoms with Crippen molar-refractivity contribution >= 4 is 29.7 Å². The molecule has 1 aliphatic rings. The predicted octanol–water partition coefficient (Wildman–Crippen LogP) is 1.53. The fourth-order valence-corrected chi connectivity index (χ4v) is 3.30. The molecule has 0 radical (unpaired) electrons. The van der Waals surface area contributed by atoms with Crippen LogP contribution >= 0.6 is 0 Å². The van der Waals surface area contributed by atoms with E-state index in [0.717, 1.165) is 12.8 Å². The highest BCUT2D eigenvalue weighted by molar-refractivity contribution is 6.05. The first-order chi connectivity index (χ1) is 13.1. The average Bonchev–Trinajstić information content (AvgIpc) is 3.39. The minimum absolute atomic E-state index is 0.0709. The fourth-order valence-electron chi connectivity index (χ4n) is 3.30. The molecule has 152 valence electrons. The summed E-state index contributed by atoms with van der Waals surface area (Å²) < 4.78 is 0. The molecule has 2 unspecified atom stereocenters. The topological polar surface area (TPSA) is 171 Å². The van der Waals surface area contributed by atoms with Crippen LogP contribution in [0.3, 0.4) is 0 Å². The van der Waals surface area contributed by atoms with Crippen molar-refractivity contribution in [1.82, 2.24) is 10.6 Å². The average molecular weight is 392 g/mol. The number of hydrogen-bond acceptors (Lipinski definition) is 4. The van der Waals surface area contributed by atoms with Crippen LogP contribution in [-0.2, 0) is 4.79 Å². The minimum Gasteiger partial charge on any atom is -0.465 e. The van der Waals surface area contributed by atoms with E-state index >= 15 is 0 Å². The lowest BCUT2D eigenvalue weighted by molar-refractivity contribution is -0.117. The van der Waals surface area contributed by atoms with Crippen molar-refractivity contribution in [3.8, 4) is 0 Å². The van der Waals surface area contributed by atoms with Crippen LogP contribution in [-0.4, -0.2) is 46.3 Å². The Morgan fingerprint density at radius 3 is 2.00 bits per heavy atom. The van der Waals surface area contributed by atoms with Gasteiger partial charge in [0.1, 0.15) is 0 Å². The fraction of sp³-hybridized carbons (Fsp3) is 0.444. The molecule has 7 N–H and O–H groups in total. The molecule has 0 heterocycles. The van der Waals surface area contributed by atoms with Crippen molar-refractivity contribution in [2.45, 2.75) is 44.7 Å². The van der Waals surface area contributed by atoms with Crippen LogP contribution in [0.5, 0.6) is 0 Å². The Labute approximate surface area is 161 Å². The largest absolute Gasteiger partial charge is 0.465 e. The maximum Gasteiger partial charge on any atom is 0.404 e. The van der Waals surface area contributed by atoms with Crippen LogP contribution in [0.1, 0.15) is 48.5 Å². The van der Waals surface area contributed by atoms with Gasteiger partial charge in [-0.25, -0.2) is 9.59 Å². The third kappa shape index (κ3) is 5.12. The summed E-state index contributed by atoms with van der Waals surface area (Å²) in [4.78, 5) is 46.5. The van der Waals surface area contributed by atoms with Gasteiger partial charge >= 0.3 is 12.2 Å². The Bertz CT molecular complexity index is 770. The van der Waals surface area contributed by atoms with E-state index in [1.54, 1.807) is 26.0 Å². The third-order valence-corrected chi connectivity index (χ3v) is 4.70. The molecule has 28 heavy (non-hydrogen) atoms. The minimum atomic E-state index is -1.28. The first-order valence-electron chi connectivity index (χ1n) is 8.84. The molecule has 0 aliphatic heterocycles. The molecule has 1 fully saturated rings. The summed E-state index contributed by atoms with van der Waals surface area (Å²) in [6.45, 7) is 3.14. The normalized spacial score (nSPS) is 16.4. The summed E-state index contributed by atoms with van der Waals surface area (Å²) in [7, 11) is 0. The maximum atomic E-state index is 12.3. The van der Waals surface area contributed by atoms with Crippen molar-refractivity contribution in [3.05, 3.63) is 29.3 Å². The van der Waals surface area contributed by atoms with Gasteiger partial charge in [0, 0.05) is 23.9 Å².